The summed E-state index contributed by atoms with van der Waals surface area (Å²) in [6, 6.07) is 0. The lowest BCUT2D eigenvalue weighted by Crippen LogP contribution is -2.26. The molecular formula is C5H13NO3. The third-order valence-corrected chi connectivity index (χ3v) is 1.09. The van der Waals surface area contributed by atoms with Gasteiger partial charge in [0.15, 0.2) is 0 Å². The minimum Gasteiger partial charge on any atom is -0.396 e. The van der Waals surface area contributed by atoms with Crippen molar-refractivity contribution in [3.05, 3.63) is 0 Å². The van der Waals surface area contributed by atoms with Crippen molar-refractivity contribution >= 4 is 0 Å². The van der Waals surface area contributed by atoms with Crippen LogP contribution in [0, 0.1) is 5.92 Å². The van der Waals surface area contributed by atoms with Gasteiger partial charge in [-0.25, -0.2) is 0 Å². The van der Waals surface area contributed by atoms with Gasteiger partial charge in [-0.05, 0) is 6.42 Å². The molecular weight excluding hydrogens is 122 g/mol. The SMILES string of the molecule is NC(O)CC(CO)CO. The summed E-state index contributed by atoms with van der Waals surface area (Å²) in [5.41, 5.74) is 4.98. The molecule has 0 bridgehead atoms. The highest BCUT2D eigenvalue weighted by molar-refractivity contribution is 4.57. The Morgan fingerprint density at radius 1 is 1.22 bits per heavy atom. The van der Waals surface area contributed by atoms with Gasteiger partial charge < -0.3 is 21.1 Å². The van der Waals surface area contributed by atoms with Crippen LogP contribution in [0.5, 0.6) is 0 Å². The van der Waals surface area contributed by atoms with E-state index in [1.165, 1.54) is 0 Å². The summed E-state index contributed by atoms with van der Waals surface area (Å²) in [6.07, 6.45) is -0.693. The van der Waals surface area contributed by atoms with E-state index in [1.54, 1.807) is 0 Å². The van der Waals surface area contributed by atoms with Crippen molar-refractivity contribution in [1.29, 1.82) is 0 Å². The zero-order valence-corrected chi connectivity index (χ0v) is 5.20. The maximum atomic E-state index is 8.54. The molecule has 0 aliphatic carbocycles. The standard InChI is InChI=1S/C5H13NO3/c6-5(9)1-4(2-7)3-8/h4-5,7-9H,1-3,6H2. The lowest BCUT2D eigenvalue weighted by atomic mass is 10.1. The van der Waals surface area contributed by atoms with Crippen LogP contribution in [0.4, 0.5) is 0 Å². The Morgan fingerprint density at radius 2 is 1.67 bits per heavy atom. The molecule has 0 fully saturated rings. The van der Waals surface area contributed by atoms with Crippen LogP contribution in [0.15, 0.2) is 0 Å². The summed E-state index contributed by atoms with van der Waals surface area (Å²) < 4.78 is 0. The van der Waals surface area contributed by atoms with Crippen molar-refractivity contribution in [2.45, 2.75) is 12.6 Å². The van der Waals surface area contributed by atoms with E-state index >= 15 is 0 Å². The number of rotatable bonds is 4. The average Bonchev–Trinajstić information content (AvgIpc) is 1.82. The quantitative estimate of drug-likeness (QED) is 0.344. The molecule has 56 valence electrons. The maximum Gasteiger partial charge on any atom is 0.102 e. The van der Waals surface area contributed by atoms with E-state index < -0.39 is 6.23 Å². The number of hydrogen-bond donors (Lipinski definition) is 4. The van der Waals surface area contributed by atoms with Crippen LogP contribution in [0.25, 0.3) is 0 Å². The topological polar surface area (TPSA) is 86.7 Å². The number of hydrogen-bond acceptors (Lipinski definition) is 4. The lowest BCUT2D eigenvalue weighted by Gasteiger charge is -2.11. The van der Waals surface area contributed by atoms with Crippen LogP contribution in [0.2, 0.25) is 0 Å². The lowest BCUT2D eigenvalue weighted by molar-refractivity contribution is 0.0863. The van der Waals surface area contributed by atoms with E-state index in [-0.39, 0.29) is 25.6 Å². The summed E-state index contributed by atoms with van der Waals surface area (Å²) in [5, 5.41) is 25.4. The summed E-state index contributed by atoms with van der Waals surface area (Å²) in [4.78, 5) is 0. The molecule has 0 rings (SSSR count). The van der Waals surface area contributed by atoms with Crippen LogP contribution in [0.3, 0.4) is 0 Å². The van der Waals surface area contributed by atoms with Crippen LogP contribution in [-0.2, 0) is 0 Å². The second-order valence-electron chi connectivity index (χ2n) is 2.03. The molecule has 0 aromatic rings. The predicted octanol–water partition coefficient (Wildman–Crippen LogP) is -1.75. The third kappa shape index (κ3) is 4.35. The van der Waals surface area contributed by atoms with Crippen LogP contribution in [0.1, 0.15) is 6.42 Å². The van der Waals surface area contributed by atoms with Gasteiger partial charge in [0, 0.05) is 19.1 Å². The Kier molecular flexibility index (Phi) is 4.61. The van der Waals surface area contributed by atoms with E-state index in [2.05, 4.69) is 0 Å². The van der Waals surface area contributed by atoms with Crippen LogP contribution >= 0.6 is 0 Å². The molecule has 0 amide bonds. The molecule has 4 nitrogen and oxygen atoms in total. The van der Waals surface area contributed by atoms with Crippen LogP contribution in [-0.4, -0.2) is 34.8 Å². The first-order valence-electron chi connectivity index (χ1n) is 2.86. The fourth-order valence-corrected chi connectivity index (χ4v) is 0.548. The van der Waals surface area contributed by atoms with Crippen molar-refractivity contribution in [1.82, 2.24) is 0 Å². The van der Waals surface area contributed by atoms with Gasteiger partial charge >= 0.3 is 0 Å². The van der Waals surface area contributed by atoms with Crippen molar-refractivity contribution < 1.29 is 15.3 Å². The molecule has 0 saturated heterocycles. The summed E-state index contributed by atoms with van der Waals surface area (Å²) in [7, 11) is 0. The highest BCUT2D eigenvalue weighted by atomic mass is 16.3. The van der Waals surface area contributed by atoms with Gasteiger partial charge in [0.25, 0.3) is 0 Å². The fraction of sp³-hybridized carbons (Fsp3) is 1.00. The summed E-state index contributed by atoms with van der Waals surface area (Å²) in [6.45, 7) is -0.268. The largest absolute Gasteiger partial charge is 0.396 e. The molecule has 0 aromatic heterocycles. The molecule has 0 aliphatic heterocycles. The molecule has 0 heterocycles. The summed E-state index contributed by atoms with van der Waals surface area (Å²) in [5.74, 6) is -0.287. The Balaban J connectivity index is 3.31. The van der Waals surface area contributed by atoms with E-state index in [9.17, 15) is 0 Å². The average molecular weight is 135 g/mol. The summed E-state index contributed by atoms with van der Waals surface area (Å²) >= 11 is 0. The van der Waals surface area contributed by atoms with Crippen molar-refractivity contribution in [3.63, 3.8) is 0 Å². The molecule has 0 aromatic carbocycles. The monoisotopic (exact) mass is 135 g/mol. The van der Waals surface area contributed by atoms with Crippen molar-refractivity contribution in [2.24, 2.45) is 11.7 Å². The van der Waals surface area contributed by atoms with Gasteiger partial charge in [0.05, 0.1) is 0 Å². The zero-order valence-electron chi connectivity index (χ0n) is 5.20. The first-order valence-corrected chi connectivity index (χ1v) is 2.86. The molecule has 5 N–H and O–H groups in total. The van der Waals surface area contributed by atoms with Gasteiger partial charge in [-0.3, -0.25) is 0 Å². The van der Waals surface area contributed by atoms with Crippen LogP contribution < -0.4 is 5.73 Å². The molecule has 4 heteroatoms. The van der Waals surface area contributed by atoms with Gasteiger partial charge in [0.1, 0.15) is 6.23 Å². The molecule has 1 atom stereocenters. The van der Waals surface area contributed by atoms with Gasteiger partial charge in [-0.1, -0.05) is 0 Å². The molecule has 0 radical (unpaired) electrons. The fourth-order valence-electron chi connectivity index (χ4n) is 0.548. The Hall–Kier alpha value is -0.160. The number of aliphatic hydroxyl groups is 3. The minimum absolute atomic E-state index is 0.134. The molecule has 0 spiro atoms. The van der Waals surface area contributed by atoms with E-state index in [1.807, 2.05) is 0 Å². The Morgan fingerprint density at radius 3 is 1.78 bits per heavy atom. The number of aliphatic hydroxyl groups excluding tert-OH is 3. The third-order valence-electron chi connectivity index (χ3n) is 1.09. The van der Waals surface area contributed by atoms with E-state index in [0.717, 1.165) is 0 Å². The second-order valence-corrected chi connectivity index (χ2v) is 2.03. The van der Waals surface area contributed by atoms with Crippen molar-refractivity contribution in [3.8, 4) is 0 Å². The maximum absolute atomic E-state index is 8.54. The Labute approximate surface area is 53.9 Å². The zero-order chi connectivity index (χ0) is 7.28. The van der Waals surface area contributed by atoms with Gasteiger partial charge in [-0.2, -0.15) is 0 Å². The van der Waals surface area contributed by atoms with E-state index in [0.29, 0.717) is 0 Å². The second kappa shape index (κ2) is 4.69. The highest BCUT2D eigenvalue weighted by Gasteiger charge is 2.08. The molecule has 0 aliphatic rings. The van der Waals surface area contributed by atoms with E-state index in [4.69, 9.17) is 21.1 Å². The van der Waals surface area contributed by atoms with Gasteiger partial charge in [-0.15, -0.1) is 0 Å². The minimum atomic E-state index is -0.936. The number of nitrogens with two attached hydrogens (primary N) is 1. The van der Waals surface area contributed by atoms with Crippen molar-refractivity contribution in [2.75, 3.05) is 13.2 Å². The highest BCUT2D eigenvalue weighted by Crippen LogP contribution is 2.00. The van der Waals surface area contributed by atoms with Gasteiger partial charge in [0.2, 0.25) is 0 Å². The Bertz CT molecular complexity index is 63.2. The first-order chi connectivity index (χ1) is 4.20. The molecule has 0 saturated carbocycles. The predicted molar refractivity (Wildman–Crippen MR) is 32.5 cm³/mol. The smallest absolute Gasteiger partial charge is 0.102 e. The first kappa shape index (κ1) is 8.84. The normalized spacial score (nSPS) is 14.3. The molecule has 1 unspecified atom stereocenters. The molecule has 9 heavy (non-hydrogen) atoms.